The van der Waals surface area contributed by atoms with E-state index in [4.69, 9.17) is 4.74 Å². The van der Waals surface area contributed by atoms with Gasteiger partial charge in [0.05, 0.1) is 0 Å². The summed E-state index contributed by atoms with van der Waals surface area (Å²) in [5.41, 5.74) is 2.05. The van der Waals surface area contributed by atoms with Crippen LogP contribution in [0.15, 0.2) is 54.6 Å². The summed E-state index contributed by atoms with van der Waals surface area (Å²) in [6.45, 7) is 2.11. The van der Waals surface area contributed by atoms with Crippen LogP contribution in [0.2, 0.25) is 0 Å². The van der Waals surface area contributed by atoms with E-state index in [0.717, 1.165) is 18.8 Å². The first-order chi connectivity index (χ1) is 10.3. The molecule has 4 nitrogen and oxygen atoms in total. The molecule has 2 N–H and O–H groups in total. The zero-order chi connectivity index (χ0) is 14.5. The fourth-order valence-corrected chi connectivity index (χ4v) is 2.52. The SMILES string of the molecule is O=C(Nc1ccc([C@@H]2CCNC2)cc1)Oc1ccccc1. The van der Waals surface area contributed by atoms with Crippen molar-refractivity contribution < 1.29 is 9.53 Å². The Kier molecular flexibility index (Phi) is 4.17. The lowest BCUT2D eigenvalue weighted by Gasteiger charge is -2.10. The van der Waals surface area contributed by atoms with E-state index in [1.807, 2.05) is 30.3 Å². The molecule has 21 heavy (non-hydrogen) atoms. The van der Waals surface area contributed by atoms with Crippen LogP contribution in [0.4, 0.5) is 10.5 Å². The highest BCUT2D eigenvalue weighted by molar-refractivity contribution is 5.86. The largest absolute Gasteiger partial charge is 0.417 e. The van der Waals surface area contributed by atoms with Gasteiger partial charge in [0, 0.05) is 12.2 Å². The lowest BCUT2D eigenvalue weighted by Crippen LogP contribution is -2.16. The molecule has 0 spiro atoms. The molecule has 0 radical (unpaired) electrons. The number of carbonyl (C=O) groups is 1. The molecule has 0 aromatic heterocycles. The summed E-state index contributed by atoms with van der Waals surface area (Å²) in [4.78, 5) is 11.8. The Morgan fingerprint density at radius 1 is 1.10 bits per heavy atom. The Hall–Kier alpha value is -2.33. The molecular formula is C17H18N2O2. The van der Waals surface area contributed by atoms with E-state index in [0.29, 0.717) is 11.7 Å². The molecule has 1 atom stereocenters. The molecule has 1 fully saturated rings. The molecule has 2 aromatic carbocycles. The van der Waals surface area contributed by atoms with Crippen LogP contribution in [-0.4, -0.2) is 19.2 Å². The third kappa shape index (κ3) is 3.61. The van der Waals surface area contributed by atoms with E-state index in [9.17, 15) is 4.79 Å². The maximum atomic E-state index is 11.8. The van der Waals surface area contributed by atoms with Gasteiger partial charge < -0.3 is 10.1 Å². The highest BCUT2D eigenvalue weighted by Gasteiger charge is 2.16. The van der Waals surface area contributed by atoms with E-state index in [1.165, 1.54) is 12.0 Å². The maximum Gasteiger partial charge on any atom is 0.417 e. The van der Waals surface area contributed by atoms with Crippen LogP contribution in [-0.2, 0) is 0 Å². The Morgan fingerprint density at radius 3 is 2.52 bits per heavy atom. The zero-order valence-electron chi connectivity index (χ0n) is 11.7. The molecule has 0 saturated carbocycles. The van der Waals surface area contributed by atoms with Crippen LogP contribution in [0.1, 0.15) is 17.9 Å². The van der Waals surface area contributed by atoms with Crippen molar-refractivity contribution in [3.8, 4) is 5.75 Å². The molecule has 1 heterocycles. The zero-order valence-corrected chi connectivity index (χ0v) is 11.7. The molecule has 0 aliphatic carbocycles. The van der Waals surface area contributed by atoms with Crippen molar-refractivity contribution in [2.75, 3.05) is 18.4 Å². The van der Waals surface area contributed by atoms with Gasteiger partial charge in [-0.05, 0) is 48.7 Å². The summed E-state index contributed by atoms with van der Waals surface area (Å²) in [6, 6.07) is 17.0. The average molecular weight is 282 g/mol. The molecule has 3 rings (SSSR count). The van der Waals surface area contributed by atoms with Gasteiger partial charge in [-0.3, -0.25) is 5.32 Å². The Bertz CT molecular complexity index is 590. The smallest absolute Gasteiger partial charge is 0.410 e. The highest BCUT2D eigenvalue weighted by Crippen LogP contribution is 2.23. The van der Waals surface area contributed by atoms with Crippen molar-refractivity contribution >= 4 is 11.8 Å². The number of para-hydroxylation sites is 1. The van der Waals surface area contributed by atoms with Gasteiger partial charge in [0.25, 0.3) is 0 Å². The second-order valence-corrected chi connectivity index (χ2v) is 5.14. The van der Waals surface area contributed by atoms with E-state index in [2.05, 4.69) is 22.8 Å². The third-order valence-electron chi connectivity index (χ3n) is 3.64. The Balaban J connectivity index is 1.58. The molecule has 0 unspecified atom stereocenters. The summed E-state index contributed by atoms with van der Waals surface area (Å²) >= 11 is 0. The van der Waals surface area contributed by atoms with Crippen LogP contribution < -0.4 is 15.4 Å². The quantitative estimate of drug-likeness (QED) is 0.907. The molecule has 2 aromatic rings. The summed E-state index contributed by atoms with van der Waals surface area (Å²) in [6.07, 6.45) is 0.694. The van der Waals surface area contributed by atoms with Crippen molar-refractivity contribution in [2.45, 2.75) is 12.3 Å². The highest BCUT2D eigenvalue weighted by atomic mass is 16.6. The number of anilines is 1. The van der Waals surface area contributed by atoms with E-state index >= 15 is 0 Å². The van der Waals surface area contributed by atoms with Crippen LogP contribution in [0.5, 0.6) is 5.75 Å². The average Bonchev–Trinajstić information content (AvgIpc) is 3.03. The van der Waals surface area contributed by atoms with Crippen LogP contribution in [0.3, 0.4) is 0 Å². The number of hydrogen-bond acceptors (Lipinski definition) is 3. The van der Waals surface area contributed by atoms with Crippen LogP contribution in [0.25, 0.3) is 0 Å². The van der Waals surface area contributed by atoms with Gasteiger partial charge in [-0.1, -0.05) is 30.3 Å². The van der Waals surface area contributed by atoms with Crippen molar-refractivity contribution in [2.24, 2.45) is 0 Å². The van der Waals surface area contributed by atoms with Gasteiger partial charge in [-0.25, -0.2) is 4.79 Å². The lowest BCUT2D eigenvalue weighted by atomic mass is 9.98. The third-order valence-corrected chi connectivity index (χ3v) is 3.64. The van der Waals surface area contributed by atoms with Gasteiger partial charge in [0.1, 0.15) is 5.75 Å². The summed E-state index contributed by atoms with van der Waals surface area (Å²) in [5.74, 6) is 1.11. The number of rotatable bonds is 3. The van der Waals surface area contributed by atoms with Gasteiger partial charge in [-0.15, -0.1) is 0 Å². The van der Waals surface area contributed by atoms with E-state index in [1.54, 1.807) is 12.1 Å². The number of hydrogen-bond donors (Lipinski definition) is 2. The van der Waals surface area contributed by atoms with Crippen molar-refractivity contribution in [3.63, 3.8) is 0 Å². The summed E-state index contributed by atoms with van der Waals surface area (Å²) < 4.78 is 5.19. The number of benzene rings is 2. The first kappa shape index (κ1) is 13.6. The topological polar surface area (TPSA) is 50.4 Å². The molecular weight excluding hydrogens is 264 g/mol. The van der Waals surface area contributed by atoms with Crippen molar-refractivity contribution in [1.82, 2.24) is 5.32 Å². The Labute approximate surface area is 124 Å². The molecule has 4 heteroatoms. The Morgan fingerprint density at radius 2 is 1.86 bits per heavy atom. The predicted octanol–water partition coefficient (Wildman–Crippen LogP) is 3.37. The predicted molar refractivity (Wildman–Crippen MR) is 82.8 cm³/mol. The molecule has 1 aliphatic heterocycles. The van der Waals surface area contributed by atoms with Gasteiger partial charge in [0.2, 0.25) is 0 Å². The minimum atomic E-state index is -0.475. The number of amides is 1. The number of ether oxygens (including phenoxy) is 1. The monoisotopic (exact) mass is 282 g/mol. The second-order valence-electron chi connectivity index (χ2n) is 5.14. The first-order valence-corrected chi connectivity index (χ1v) is 7.16. The fraction of sp³-hybridized carbons (Fsp3) is 0.235. The minimum Gasteiger partial charge on any atom is -0.410 e. The standard InChI is InChI=1S/C17H18N2O2/c20-17(21-16-4-2-1-3-5-16)19-15-8-6-13(7-9-15)14-10-11-18-12-14/h1-9,14,18H,10-12H2,(H,19,20)/t14-/m1/s1. The molecule has 1 saturated heterocycles. The molecule has 108 valence electrons. The maximum absolute atomic E-state index is 11.8. The first-order valence-electron chi connectivity index (χ1n) is 7.16. The van der Waals surface area contributed by atoms with Gasteiger partial charge in [0.15, 0.2) is 0 Å². The normalized spacial score (nSPS) is 17.4. The number of carbonyl (C=O) groups excluding carboxylic acids is 1. The minimum absolute atomic E-state index is 0.475. The molecule has 0 bridgehead atoms. The lowest BCUT2D eigenvalue weighted by molar-refractivity contribution is 0.215. The van der Waals surface area contributed by atoms with Gasteiger partial charge in [-0.2, -0.15) is 0 Å². The molecule has 1 amide bonds. The number of nitrogens with one attached hydrogen (secondary N) is 2. The van der Waals surface area contributed by atoms with E-state index in [-0.39, 0.29) is 0 Å². The van der Waals surface area contributed by atoms with Gasteiger partial charge >= 0.3 is 6.09 Å². The van der Waals surface area contributed by atoms with E-state index < -0.39 is 6.09 Å². The fourth-order valence-electron chi connectivity index (χ4n) is 2.52. The molecule has 1 aliphatic rings. The van der Waals surface area contributed by atoms with Crippen LogP contribution in [0, 0.1) is 0 Å². The summed E-state index contributed by atoms with van der Waals surface area (Å²) in [7, 11) is 0. The van der Waals surface area contributed by atoms with Crippen molar-refractivity contribution in [3.05, 3.63) is 60.2 Å². The second kappa shape index (κ2) is 6.41. The van der Waals surface area contributed by atoms with Crippen molar-refractivity contribution in [1.29, 1.82) is 0 Å². The van der Waals surface area contributed by atoms with Crippen LogP contribution >= 0.6 is 0 Å². The summed E-state index contributed by atoms with van der Waals surface area (Å²) in [5, 5.41) is 6.09.